The molecule has 0 aliphatic heterocycles. The van der Waals surface area contributed by atoms with Gasteiger partial charge in [0.1, 0.15) is 0 Å². The summed E-state index contributed by atoms with van der Waals surface area (Å²) in [6.45, 7) is 15.5. The Morgan fingerprint density at radius 3 is 0.778 bits per heavy atom. The Bertz CT molecular complexity index is 20.0. The first kappa shape index (κ1) is 16.3. The van der Waals surface area contributed by atoms with Crippen LogP contribution in [-0.4, -0.2) is 0 Å². The number of hydrogen-bond acceptors (Lipinski definition) is 0. The van der Waals surface area contributed by atoms with Crippen molar-refractivity contribution in [2.75, 3.05) is 0 Å². The molecule has 0 heterocycles. The maximum atomic E-state index is 3.64. The van der Waals surface area contributed by atoms with Crippen molar-refractivity contribution < 1.29 is 21.1 Å². The fourth-order valence-corrected chi connectivity index (χ4v) is 0. The summed E-state index contributed by atoms with van der Waals surface area (Å²) >= 11 is 0. The second kappa shape index (κ2) is 11.5. The molecule has 0 aliphatic rings. The Balaban J connectivity index is -0.0000000720. The fourth-order valence-electron chi connectivity index (χ4n) is 0. The molecule has 1 heteroatoms. The van der Waals surface area contributed by atoms with E-state index in [0.29, 0.717) is 11.8 Å². The Hall–Kier alpha value is 0.688. The van der Waals surface area contributed by atoms with Gasteiger partial charge in [-0.15, -0.1) is 0 Å². The Morgan fingerprint density at radius 1 is 0.778 bits per heavy atom. The van der Waals surface area contributed by atoms with Crippen LogP contribution in [0.15, 0.2) is 0 Å². The van der Waals surface area contributed by atoms with E-state index in [0.717, 1.165) is 0 Å². The maximum absolute atomic E-state index is 3.64. The summed E-state index contributed by atoms with van der Waals surface area (Å²) in [5.41, 5.74) is 0. The molecule has 0 amide bonds. The van der Waals surface area contributed by atoms with Crippen LogP contribution in [0.25, 0.3) is 0 Å². The van der Waals surface area contributed by atoms with Gasteiger partial charge in [0.2, 0.25) is 0 Å². The van der Waals surface area contributed by atoms with Crippen LogP contribution in [0.3, 0.4) is 0 Å². The van der Waals surface area contributed by atoms with Gasteiger partial charge < -0.3 is 13.8 Å². The quantitative estimate of drug-likeness (QED) is 0.604. The minimum absolute atomic E-state index is 0. The first-order valence-electron chi connectivity index (χ1n) is 3.13. The number of rotatable bonds is 0. The Labute approximate surface area is 74.7 Å². The van der Waals surface area contributed by atoms with E-state index < -0.39 is 0 Å². The van der Waals surface area contributed by atoms with Gasteiger partial charge in [-0.3, -0.25) is 0 Å². The van der Waals surface area contributed by atoms with Gasteiger partial charge in [-0.05, 0) is 0 Å². The SMILES string of the molecule is [CH2-]C(C)C.[CH2-]C(C)C.[Pt+2]. The van der Waals surface area contributed by atoms with Crippen LogP contribution in [-0.2, 0) is 21.1 Å². The van der Waals surface area contributed by atoms with Crippen molar-refractivity contribution in [3.8, 4) is 0 Å². The fraction of sp³-hybridized carbons (Fsp3) is 0.750. The average molecular weight is 309 g/mol. The van der Waals surface area contributed by atoms with Crippen molar-refractivity contribution in [1.82, 2.24) is 0 Å². The zero-order valence-electron chi connectivity index (χ0n) is 6.89. The molecule has 0 aliphatic carbocycles. The molecule has 60 valence electrons. The molecule has 0 aromatic heterocycles. The van der Waals surface area contributed by atoms with Gasteiger partial charge >= 0.3 is 21.1 Å². The molecule has 0 fully saturated rings. The van der Waals surface area contributed by atoms with Crippen LogP contribution in [0.5, 0.6) is 0 Å². The maximum Gasteiger partial charge on any atom is 2.00 e. The summed E-state index contributed by atoms with van der Waals surface area (Å²) in [4.78, 5) is 0. The predicted molar refractivity (Wildman–Crippen MR) is 40.4 cm³/mol. The van der Waals surface area contributed by atoms with E-state index in [4.69, 9.17) is 0 Å². The monoisotopic (exact) mass is 309 g/mol. The second-order valence-corrected chi connectivity index (χ2v) is 2.79. The summed E-state index contributed by atoms with van der Waals surface area (Å²) < 4.78 is 0. The molecule has 0 saturated heterocycles. The van der Waals surface area contributed by atoms with Crippen molar-refractivity contribution in [3.05, 3.63) is 13.8 Å². The van der Waals surface area contributed by atoms with E-state index >= 15 is 0 Å². The second-order valence-electron chi connectivity index (χ2n) is 2.79. The molecular weight excluding hydrogens is 291 g/mol. The van der Waals surface area contributed by atoms with Crippen LogP contribution in [0.4, 0.5) is 0 Å². The molecule has 0 N–H and O–H groups in total. The van der Waals surface area contributed by atoms with Crippen LogP contribution >= 0.6 is 0 Å². The minimum atomic E-state index is 0. The van der Waals surface area contributed by atoms with Crippen LogP contribution in [0.2, 0.25) is 0 Å². The van der Waals surface area contributed by atoms with Gasteiger partial charge in [0.15, 0.2) is 0 Å². The van der Waals surface area contributed by atoms with Gasteiger partial charge in [-0.2, -0.15) is 11.8 Å². The molecule has 0 unspecified atom stereocenters. The largest absolute Gasteiger partial charge is 2.00 e. The van der Waals surface area contributed by atoms with Crippen molar-refractivity contribution in [2.24, 2.45) is 11.8 Å². The first-order chi connectivity index (χ1) is 3.46. The Kier molecular flexibility index (Phi) is 20.9. The molecule has 0 bridgehead atoms. The normalized spacial score (nSPS) is 8.00. The third-order valence-corrected chi connectivity index (χ3v) is 0. The summed E-state index contributed by atoms with van der Waals surface area (Å²) in [6, 6.07) is 0. The third-order valence-electron chi connectivity index (χ3n) is 0. The first-order valence-corrected chi connectivity index (χ1v) is 3.13. The minimum Gasteiger partial charge on any atom is -0.341 e. The van der Waals surface area contributed by atoms with Gasteiger partial charge in [0.05, 0.1) is 0 Å². The van der Waals surface area contributed by atoms with Crippen molar-refractivity contribution in [3.63, 3.8) is 0 Å². The molecule has 0 aromatic carbocycles. The molecule has 9 heavy (non-hydrogen) atoms. The molecule has 0 nitrogen and oxygen atoms in total. The zero-order valence-corrected chi connectivity index (χ0v) is 9.16. The summed E-state index contributed by atoms with van der Waals surface area (Å²) in [6.07, 6.45) is 0. The molecule has 0 rings (SSSR count). The summed E-state index contributed by atoms with van der Waals surface area (Å²) in [5.74, 6) is 1.17. The van der Waals surface area contributed by atoms with E-state index in [-0.39, 0.29) is 21.1 Å². The standard InChI is InChI=1S/2C4H9.Pt/c2*1-4(2)3;/h2*4H,1H2,2-3H3;/q2*-1;+2. The smallest absolute Gasteiger partial charge is 0.341 e. The average Bonchev–Trinajstić information content (AvgIpc) is 1.25. The summed E-state index contributed by atoms with van der Waals surface area (Å²) in [5, 5.41) is 0. The van der Waals surface area contributed by atoms with Crippen LogP contribution in [0.1, 0.15) is 27.7 Å². The van der Waals surface area contributed by atoms with Crippen molar-refractivity contribution in [2.45, 2.75) is 27.7 Å². The van der Waals surface area contributed by atoms with Gasteiger partial charge in [-0.25, -0.2) is 0 Å². The molecule has 0 aromatic rings. The number of hydrogen-bond donors (Lipinski definition) is 0. The summed E-state index contributed by atoms with van der Waals surface area (Å²) in [7, 11) is 0. The third kappa shape index (κ3) is 820. The van der Waals surface area contributed by atoms with Gasteiger partial charge in [-0.1, -0.05) is 27.7 Å². The molecule has 0 saturated carbocycles. The molecular formula is C8H18Pt. The predicted octanol–water partition coefficient (Wildman–Crippen LogP) is 2.95. The van der Waals surface area contributed by atoms with Gasteiger partial charge in [0, 0.05) is 0 Å². The van der Waals surface area contributed by atoms with Crippen molar-refractivity contribution >= 4 is 0 Å². The molecule has 0 spiro atoms. The van der Waals surface area contributed by atoms with Crippen molar-refractivity contribution in [1.29, 1.82) is 0 Å². The molecule has 0 radical (unpaired) electrons. The van der Waals surface area contributed by atoms with E-state index in [2.05, 4.69) is 41.5 Å². The van der Waals surface area contributed by atoms with Crippen LogP contribution < -0.4 is 0 Å². The van der Waals surface area contributed by atoms with E-state index in [1.807, 2.05) is 0 Å². The topological polar surface area (TPSA) is 0 Å². The van der Waals surface area contributed by atoms with E-state index in [1.54, 1.807) is 0 Å². The Morgan fingerprint density at radius 2 is 0.778 bits per heavy atom. The zero-order chi connectivity index (χ0) is 7.15. The van der Waals surface area contributed by atoms with Crippen LogP contribution in [0, 0.1) is 25.7 Å². The van der Waals surface area contributed by atoms with Gasteiger partial charge in [0.25, 0.3) is 0 Å². The molecule has 0 atom stereocenters. The van der Waals surface area contributed by atoms with E-state index in [9.17, 15) is 0 Å². The van der Waals surface area contributed by atoms with E-state index in [1.165, 1.54) is 0 Å².